The molecule has 0 aromatic heterocycles. The number of likely N-dealkylation sites (N-methyl/N-ethyl adjacent to an activating group) is 1. The Bertz CT molecular complexity index is 883. The lowest BCUT2D eigenvalue weighted by Crippen LogP contribution is -2.33. The largest absolute Gasteiger partial charge is 0.378 e. The fourth-order valence-electron chi connectivity index (χ4n) is 2.99. The first-order chi connectivity index (χ1) is 12.8. The summed E-state index contributed by atoms with van der Waals surface area (Å²) < 4.78 is 22.9. The molecule has 0 heterocycles. The maximum atomic E-state index is 11.5. The molecular weight excluding hydrogens is 368 g/mol. The Morgan fingerprint density at radius 3 is 2.30 bits per heavy atom. The van der Waals surface area contributed by atoms with Crippen LogP contribution >= 0.6 is 0 Å². The number of hydrogen-bond acceptors (Lipinski definition) is 6. The van der Waals surface area contributed by atoms with Gasteiger partial charge in [-0.2, -0.15) is 0 Å². The molecule has 0 aliphatic heterocycles. The molecule has 1 atom stereocenters. The molecule has 8 nitrogen and oxygen atoms in total. The SMILES string of the molecule is CCN(CC)C(CNc1ccc(S(N)(=O)=O)cc1[N+](=O)[O-])c1ccccc1. The molecule has 0 saturated carbocycles. The van der Waals surface area contributed by atoms with Gasteiger partial charge in [0.05, 0.1) is 15.9 Å². The van der Waals surface area contributed by atoms with Crippen LogP contribution in [-0.4, -0.2) is 37.9 Å². The summed E-state index contributed by atoms with van der Waals surface area (Å²) in [4.78, 5) is 12.7. The molecule has 0 spiro atoms. The maximum Gasteiger partial charge on any atom is 0.293 e. The number of rotatable bonds is 9. The molecule has 0 bridgehead atoms. The van der Waals surface area contributed by atoms with Crippen molar-refractivity contribution < 1.29 is 13.3 Å². The molecule has 0 fully saturated rings. The van der Waals surface area contributed by atoms with E-state index in [1.54, 1.807) is 0 Å². The van der Waals surface area contributed by atoms with Gasteiger partial charge in [-0.15, -0.1) is 0 Å². The van der Waals surface area contributed by atoms with Gasteiger partial charge in [-0.1, -0.05) is 44.2 Å². The van der Waals surface area contributed by atoms with Crippen LogP contribution in [0.1, 0.15) is 25.5 Å². The third-order valence-corrected chi connectivity index (χ3v) is 5.33. The molecule has 2 aromatic rings. The van der Waals surface area contributed by atoms with E-state index < -0.39 is 14.9 Å². The van der Waals surface area contributed by atoms with Crippen molar-refractivity contribution in [3.8, 4) is 0 Å². The second-order valence-electron chi connectivity index (χ2n) is 6.01. The molecule has 0 amide bonds. The fourth-order valence-corrected chi connectivity index (χ4v) is 3.53. The van der Waals surface area contributed by atoms with Crippen molar-refractivity contribution in [3.05, 3.63) is 64.2 Å². The molecule has 2 aromatic carbocycles. The van der Waals surface area contributed by atoms with Crippen LogP contribution in [0.3, 0.4) is 0 Å². The van der Waals surface area contributed by atoms with Gasteiger partial charge in [-0.25, -0.2) is 13.6 Å². The zero-order valence-electron chi connectivity index (χ0n) is 15.3. The van der Waals surface area contributed by atoms with E-state index in [-0.39, 0.29) is 22.3 Å². The Hall–Kier alpha value is -2.49. The minimum atomic E-state index is -4.01. The Balaban J connectivity index is 2.32. The number of nitro groups is 1. The van der Waals surface area contributed by atoms with Gasteiger partial charge < -0.3 is 5.32 Å². The highest BCUT2D eigenvalue weighted by Gasteiger charge is 2.22. The second kappa shape index (κ2) is 8.94. The van der Waals surface area contributed by atoms with Crippen LogP contribution in [0.25, 0.3) is 0 Å². The van der Waals surface area contributed by atoms with Gasteiger partial charge in [0.15, 0.2) is 0 Å². The van der Waals surface area contributed by atoms with Gasteiger partial charge in [0, 0.05) is 12.6 Å². The first-order valence-electron chi connectivity index (χ1n) is 8.62. The van der Waals surface area contributed by atoms with Crippen molar-refractivity contribution in [2.75, 3.05) is 25.0 Å². The maximum absolute atomic E-state index is 11.5. The lowest BCUT2D eigenvalue weighted by atomic mass is 10.0. The van der Waals surface area contributed by atoms with E-state index in [1.807, 2.05) is 30.3 Å². The van der Waals surface area contributed by atoms with Gasteiger partial charge in [0.2, 0.25) is 10.0 Å². The Morgan fingerprint density at radius 1 is 1.15 bits per heavy atom. The first-order valence-corrected chi connectivity index (χ1v) is 10.2. The fraction of sp³-hybridized carbons (Fsp3) is 0.333. The normalized spacial score (nSPS) is 12.7. The van der Waals surface area contributed by atoms with Gasteiger partial charge in [0.25, 0.3) is 5.69 Å². The number of primary sulfonamides is 1. The van der Waals surface area contributed by atoms with Crippen LogP contribution in [0.15, 0.2) is 53.4 Å². The van der Waals surface area contributed by atoms with Crippen molar-refractivity contribution >= 4 is 21.4 Å². The van der Waals surface area contributed by atoms with Crippen LogP contribution in [-0.2, 0) is 10.0 Å². The molecule has 0 aliphatic carbocycles. The highest BCUT2D eigenvalue weighted by atomic mass is 32.2. The minimum Gasteiger partial charge on any atom is -0.378 e. The lowest BCUT2D eigenvalue weighted by Gasteiger charge is -2.30. The van der Waals surface area contributed by atoms with Crippen molar-refractivity contribution in [3.63, 3.8) is 0 Å². The number of nitrogens with zero attached hydrogens (tertiary/aromatic N) is 2. The topological polar surface area (TPSA) is 119 Å². The number of nitrogens with two attached hydrogens (primary N) is 1. The zero-order valence-corrected chi connectivity index (χ0v) is 16.1. The molecule has 3 N–H and O–H groups in total. The lowest BCUT2D eigenvalue weighted by molar-refractivity contribution is -0.384. The molecule has 27 heavy (non-hydrogen) atoms. The van der Waals surface area contributed by atoms with Gasteiger partial charge in [0.1, 0.15) is 5.69 Å². The third-order valence-electron chi connectivity index (χ3n) is 4.42. The monoisotopic (exact) mass is 392 g/mol. The molecule has 9 heteroatoms. The number of anilines is 1. The molecule has 2 rings (SSSR count). The average molecular weight is 392 g/mol. The molecule has 0 radical (unpaired) electrons. The van der Waals surface area contributed by atoms with E-state index in [0.717, 1.165) is 24.7 Å². The van der Waals surface area contributed by atoms with Crippen molar-refractivity contribution in [2.45, 2.75) is 24.8 Å². The number of hydrogen-bond donors (Lipinski definition) is 2. The zero-order chi connectivity index (χ0) is 20.0. The number of sulfonamides is 1. The minimum absolute atomic E-state index is 0.0127. The van der Waals surface area contributed by atoms with E-state index in [0.29, 0.717) is 6.54 Å². The van der Waals surface area contributed by atoms with Crippen molar-refractivity contribution in [1.29, 1.82) is 0 Å². The number of nitrogens with one attached hydrogen (secondary N) is 1. The smallest absolute Gasteiger partial charge is 0.293 e. The molecular formula is C18H24N4O4S. The third kappa shape index (κ3) is 5.25. The summed E-state index contributed by atoms with van der Waals surface area (Å²) in [7, 11) is -4.01. The average Bonchev–Trinajstić information content (AvgIpc) is 2.64. The predicted octanol–water partition coefficient (Wildman–Crippen LogP) is 2.74. The highest BCUT2D eigenvalue weighted by Crippen LogP contribution is 2.29. The van der Waals surface area contributed by atoms with Gasteiger partial charge >= 0.3 is 0 Å². The van der Waals surface area contributed by atoms with Crippen LogP contribution in [0.5, 0.6) is 0 Å². The summed E-state index contributed by atoms with van der Waals surface area (Å²) >= 11 is 0. The van der Waals surface area contributed by atoms with Crippen LogP contribution in [0.2, 0.25) is 0 Å². The van der Waals surface area contributed by atoms with E-state index in [2.05, 4.69) is 24.1 Å². The Morgan fingerprint density at radius 2 is 1.78 bits per heavy atom. The van der Waals surface area contributed by atoms with E-state index >= 15 is 0 Å². The summed E-state index contributed by atoms with van der Waals surface area (Å²) in [6.07, 6.45) is 0. The van der Waals surface area contributed by atoms with E-state index in [1.165, 1.54) is 12.1 Å². The summed E-state index contributed by atoms with van der Waals surface area (Å²) in [5.41, 5.74) is 1.02. The first kappa shape index (κ1) is 20.8. The summed E-state index contributed by atoms with van der Waals surface area (Å²) in [6.45, 7) is 6.20. The van der Waals surface area contributed by atoms with Crippen LogP contribution in [0.4, 0.5) is 11.4 Å². The molecule has 1 unspecified atom stereocenters. The van der Waals surface area contributed by atoms with Gasteiger partial charge in [-0.05, 0) is 30.8 Å². The summed E-state index contributed by atoms with van der Waals surface area (Å²) in [6, 6.07) is 13.5. The molecule has 0 aliphatic rings. The van der Waals surface area contributed by atoms with E-state index in [9.17, 15) is 18.5 Å². The van der Waals surface area contributed by atoms with Crippen LogP contribution in [0, 0.1) is 10.1 Å². The highest BCUT2D eigenvalue weighted by molar-refractivity contribution is 7.89. The summed E-state index contributed by atoms with van der Waals surface area (Å²) in [5.74, 6) is 0. The van der Waals surface area contributed by atoms with Crippen molar-refractivity contribution in [2.24, 2.45) is 5.14 Å². The second-order valence-corrected chi connectivity index (χ2v) is 7.57. The summed E-state index contributed by atoms with van der Waals surface area (Å²) in [5, 5.41) is 19.6. The van der Waals surface area contributed by atoms with Gasteiger partial charge in [-0.3, -0.25) is 15.0 Å². The standard InChI is InChI=1S/C18H24N4O4S/c1-3-21(4-2)18(14-8-6-5-7-9-14)13-20-16-11-10-15(27(19,25)26)12-17(16)22(23)24/h5-12,18,20H,3-4,13H2,1-2H3,(H2,19,25,26). The number of benzene rings is 2. The molecule has 0 saturated heterocycles. The van der Waals surface area contributed by atoms with Crippen LogP contribution < -0.4 is 10.5 Å². The Labute approximate surface area is 159 Å². The van der Waals surface area contributed by atoms with Crippen molar-refractivity contribution in [1.82, 2.24) is 4.90 Å². The Kier molecular flexibility index (Phi) is 6.89. The quantitative estimate of drug-likeness (QED) is 0.500. The predicted molar refractivity (Wildman–Crippen MR) is 105 cm³/mol. The molecule has 146 valence electrons. The number of nitro benzene ring substituents is 1. The van der Waals surface area contributed by atoms with E-state index in [4.69, 9.17) is 5.14 Å².